The summed E-state index contributed by atoms with van der Waals surface area (Å²) in [4.78, 5) is 45.1. The van der Waals surface area contributed by atoms with Crippen LogP contribution in [0.2, 0.25) is 0 Å². The highest BCUT2D eigenvalue weighted by atomic mass is 16.6. The first-order chi connectivity index (χ1) is 20.0. The predicted octanol–water partition coefficient (Wildman–Crippen LogP) is 3.20. The second-order valence-corrected chi connectivity index (χ2v) is 11.8. The van der Waals surface area contributed by atoms with Gasteiger partial charge in [0, 0.05) is 42.7 Å². The maximum absolute atomic E-state index is 14.3. The van der Waals surface area contributed by atoms with Gasteiger partial charge in [0.05, 0.1) is 37.0 Å². The van der Waals surface area contributed by atoms with E-state index < -0.39 is 35.2 Å². The summed E-state index contributed by atoms with van der Waals surface area (Å²) < 4.78 is 11.9. The van der Waals surface area contributed by atoms with Gasteiger partial charge in [0.25, 0.3) is 5.91 Å². The van der Waals surface area contributed by atoms with Crippen LogP contribution >= 0.6 is 0 Å². The normalized spacial score (nSPS) is 25.2. The Hall–Kier alpha value is -3.73. The number of rotatable bonds is 10. The number of fused-ring (bicyclic) bond motifs is 2. The molecule has 0 radical (unpaired) electrons. The molecule has 3 aliphatic rings. The van der Waals surface area contributed by atoms with Crippen molar-refractivity contribution in [2.24, 2.45) is 11.8 Å². The third-order valence-electron chi connectivity index (χ3n) is 8.67. The van der Waals surface area contributed by atoms with E-state index in [2.05, 4.69) is 6.58 Å². The van der Waals surface area contributed by atoms with Gasteiger partial charge in [-0.3, -0.25) is 14.5 Å². The Kier molecular flexibility index (Phi) is 8.15. The molecule has 3 amide bonds. The van der Waals surface area contributed by atoms with Gasteiger partial charge in [0.2, 0.25) is 5.91 Å². The van der Waals surface area contributed by atoms with Gasteiger partial charge in [-0.25, -0.2) is 4.79 Å². The molecule has 2 aromatic rings. The summed E-state index contributed by atoms with van der Waals surface area (Å²) >= 11 is 0. The number of carbonyl (C=O) groups is 3. The Bertz CT molecular complexity index is 1360. The lowest BCUT2D eigenvalue weighted by Gasteiger charge is -2.34. The van der Waals surface area contributed by atoms with Crippen LogP contribution in [0.4, 0.5) is 16.2 Å². The maximum Gasteiger partial charge on any atom is 0.414 e. The number of amides is 3. The fourth-order valence-corrected chi connectivity index (χ4v) is 6.89. The molecule has 4 atom stereocenters. The standard InChI is InChI=1S/C32H39N3O7/c1-5-13-35-25-12-11-23(34-15-17-41-30(34)39)18-24(25)32(29(35)38)21(2)28(31(3,4)40)26(42-32)19-27(37)33(14-16-36)20-22-9-7-6-8-10-22/h5-12,18,21,26,28,36,40H,1,13-17,19-20H2,2-4H3/t21-,26+,28-,32+/m1/s1. The Morgan fingerprint density at radius 1 is 1.21 bits per heavy atom. The molecule has 0 aliphatic carbocycles. The lowest BCUT2D eigenvalue weighted by Crippen LogP contribution is -2.46. The highest BCUT2D eigenvalue weighted by Gasteiger charge is 2.66. The molecule has 3 heterocycles. The summed E-state index contributed by atoms with van der Waals surface area (Å²) in [6.45, 7) is 10.2. The minimum atomic E-state index is -1.49. The zero-order valence-corrected chi connectivity index (χ0v) is 24.4. The summed E-state index contributed by atoms with van der Waals surface area (Å²) in [5.41, 5.74) is -0.0678. The molecule has 0 bridgehead atoms. The van der Waals surface area contributed by atoms with Crippen molar-refractivity contribution >= 4 is 29.3 Å². The number of cyclic esters (lactones) is 1. The largest absolute Gasteiger partial charge is 0.447 e. The van der Waals surface area contributed by atoms with Gasteiger partial charge >= 0.3 is 6.09 Å². The number of benzene rings is 2. The molecule has 0 unspecified atom stereocenters. The van der Waals surface area contributed by atoms with Gasteiger partial charge < -0.3 is 29.5 Å². The van der Waals surface area contributed by atoms with E-state index in [1.807, 2.05) is 37.3 Å². The Morgan fingerprint density at radius 2 is 1.95 bits per heavy atom. The molecule has 3 aliphatic heterocycles. The van der Waals surface area contributed by atoms with E-state index in [1.54, 1.807) is 47.9 Å². The van der Waals surface area contributed by atoms with E-state index in [0.717, 1.165) is 5.56 Å². The number of hydrogen-bond donors (Lipinski definition) is 2. The fraction of sp³-hybridized carbons (Fsp3) is 0.469. The molecule has 2 fully saturated rings. The van der Waals surface area contributed by atoms with Gasteiger partial charge in [-0.1, -0.05) is 43.3 Å². The summed E-state index contributed by atoms with van der Waals surface area (Å²) in [5, 5.41) is 21.1. The van der Waals surface area contributed by atoms with Gasteiger partial charge in [-0.15, -0.1) is 6.58 Å². The predicted molar refractivity (Wildman–Crippen MR) is 157 cm³/mol. The zero-order valence-electron chi connectivity index (χ0n) is 24.4. The summed E-state index contributed by atoms with van der Waals surface area (Å²) in [5.74, 6) is -1.67. The van der Waals surface area contributed by atoms with Crippen molar-refractivity contribution in [1.82, 2.24) is 4.90 Å². The first kappa shape index (κ1) is 29.8. The van der Waals surface area contributed by atoms with Crippen molar-refractivity contribution in [1.29, 1.82) is 0 Å². The SMILES string of the molecule is C=CCN1C(=O)[C@@]2(O[C@@H](CC(=O)N(CCO)Cc3ccccc3)[C@H](C(C)(C)O)[C@H]2C)c2cc(N3CCOC3=O)ccc21. The van der Waals surface area contributed by atoms with Crippen molar-refractivity contribution in [3.8, 4) is 0 Å². The molecule has 1 spiro atoms. The van der Waals surface area contributed by atoms with E-state index in [1.165, 1.54) is 4.90 Å². The molecule has 10 nitrogen and oxygen atoms in total. The first-order valence-electron chi connectivity index (χ1n) is 14.4. The summed E-state index contributed by atoms with van der Waals surface area (Å²) in [7, 11) is 0. The second-order valence-electron chi connectivity index (χ2n) is 11.8. The van der Waals surface area contributed by atoms with Gasteiger partial charge in [0.1, 0.15) is 6.61 Å². The van der Waals surface area contributed by atoms with E-state index in [-0.39, 0.29) is 44.5 Å². The first-order valence-corrected chi connectivity index (χ1v) is 14.4. The molecule has 2 saturated heterocycles. The molecule has 42 heavy (non-hydrogen) atoms. The lowest BCUT2D eigenvalue weighted by molar-refractivity contribution is -0.150. The smallest absolute Gasteiger partial charge is 0.414 e. The number of carbonyl (C=O) groups excluding carboxylic acids is 3. The van der Waals surface area contributed by atoms with Crippen molar-refractivity contribution in [2.75, 3.05) is 42.6 Å². The molecule has 2 N–H and O–H groups in total. The highest BCUT2D eigenvalue weighted by molar-refractivity contribution is 6.08. The Morgan fingerprint density at radius 3 is 2.57 bits per heavy atom. The van der Waals surface area contributed by atoms with E-state index in [4.69, 9.17) is 9.47 Å². The molecule has 2 aromatic carbocycles. The molecule has 224 valence electrons. The van der Waals surface area contributed by atoms with Crippen LogP contribution < -0.4 is 9.80 Å². The van der Waals surface area contributed by atoms with Crippen molar-refractivity contribution in [3.05, 3.63) is 72.3 Å². The topological polar surface area (TPSA) is 120 Å². The van der Waals surface area contributed by atoms with E-state index in [0.29, 0.717) is 30.0 Å². The highest BCUT2D eigenvalue weighted by Crippen LogP contribution is 2.58. The Labute approximate surface area is 246 Å². The second kappa shape index (κ2) is 11.5. The average molecular weight is 578 g/mol. The zero-order chi connectivity index (χ0) is 30.2. The monoisotopic (exact) mass is 577 g/mol. The maximum atomic E-state index is 14.3. The van der Waals surface area contributed by atoms with Crippen molar-refractivity contribution in [2.45, 2.75) is 51.0 Å². The quantitative estimate of drug-likeness (QED) is 0.416. The van der Waals surface area contributed by atoms with Crippen LogP contribution in [0, 0.1) is 11.8 Å². The van der Waals surface area contributed by atoms with Crippen LogP contribution in [0.25, 0.3) is 0 Å². The summed E-state index contributed by atoms with van der Waals surface area (Å²) in [6, 6.07) is 14.9. The van der Waals surface area contributed by atoms with Crippen LogP contribution in [0.5, 0.6) is 0 Å². The van der Waals surface area contributed by atoms with Crippen LogP contribution in [0.1, 0.15) is 38.3 Å². The third kappa shape index (κ3) is 5.08. The van der Waals surface area contributed by atoms with Crippen LogP contribution in [0.15, 0.2) is 61.2 Å². The van der Waals surface area contributed by atoms with E-state index >= 15 is 0 Å². The molecule has 10 heteroatoms. The van der Waals surface area contributed by atoms with Crippen LogP contribution in [-0.2, 0) is 31.2 Å². The van der Waals surface area contributed by atoms with Crippen molar-refractivity contribution in [3.63, 3.8) is 0 Å². The number of aliphatic hydroxyl groups excluding tert-OH is 1. The number of anilines is 2. The number of hydrogen-bond acceptors (Lipinski definition) is 7. The molecular formula is C32H39N3O7. The van der Waals surface area contributed by atoms with Gasteiger partial charge in [0.15, 0.2) is 5.60 Å². The minimum absolute atomic E-state index is 0.0875. The molecular weight excluding hydrogens is 538 g/mol. The third-order valence-corrected chi connectivity index (χ3v) is 8.67. The number of aliphatic hydroxyl groups is 2. The average Bonchev–Trinajstić information content (AvgIpc) is 3.58. The van der Waals surface area contributed by atoms with Gasteiger partial charge in [-0.2, -0.15) is 0 Å². The minimum Gasteiger partial charge on any atom is -0.447 e. The molecule has 0 saturated carbocycles. The fourth-order valence-electron chi connectivity index (χ4n) is 6.89. The van der Waals surface area contributed by atoms with Crippen LogP contribution in [-0.4, -0.2) is 77.6 Å². The van der Waals surface area contributed by atoms with E-state index in [9.17, 15) is 24.6 Å². The van der Waals surface area contributed by atoms with Crippen molar-refractivity contribution < 1.29 is 34.1 Å². The van der Waals surface area contributed by atoms with Crippen LogP contribution in [0.3, 0.4) is 0 Å². The molecule has 0 aromatic heterocycles. The molecule has 5 rings (SSSR count). The van der Waals surface area contributed by atoms with Gasteiger partial charge in [-0.05, 0) is 37.6 Å². The number of nitrogens with zero attached hydrogens (tertiary/aromatic N) is 3. The number of ether oxygens (including phenoxy) is 2. The lowest BCUT2D eigenvalue weighted by atomic mass is 9.70. The Balaban J connectivity index is 1.53. The summed E-state index contributed by atoms with van der Waals surface area (Å²) in [6.07, 6.45) is 0.286.